The summed E-state index contributed by atoms with van der Waals surface area (Å²) in [5.74, 6) is 0.756. The minimum Gasteiger partial charge on any atom is -0.495 e. The van der Waals surface area contributed by atoms with Crippen molar-refractivity contribution in [3.8, 4) is 5.75 Å². The molecule has 0 atom stereocenters. The lowest BCUT2D eigenvalue weighted by Gasteiger charge is -2.29. The van der Waals surface area contributed by atoms with E-state index >= 15 is 0 Å². The fourth-order valence-electron chi connectivity index (χ4n) is 1.82. The van der Waals surface area contributed by atoms with Crippen molar-refractivity contribution in [3.63, 3.8) is 0 Å². The summed E-state index contributed by atoms with van der Waals surface area (Å²) in [7, 11) is 1.65. The highest BCUT2D eigenvalue weighted by Gasteiger charge is 2.11. The summed E-state index contributed by atoms with van der Waals surface area (Å²) >= 11 is 0. The Morgan fingerprint density at radius 2 is 1.78 bits per heavy atom. The number of hydrogen-bond acceptors (Lipinski definition) is 4. The first-order valence-corrected chi connectivity index (χ1v) is 5.20. The van der Waals surface area contributed by atoms with Crippen molar-refractivity contribution in [2.75, 3.05) is 43.9 Å². The van der Waals surface area contributed by atoms with Gasteiger partial charge >= 0.3 is 0 Å². The minimum absolute atomic E-state index is 0. The summed E-state index contributed by atoms with van der Waals surface area (Å²) in [5, 5.41) is 3.33. The Morgan fingerprint density at radius 1 is 1.17 bits per heavy atom. The number of nitrogens with two attached hydrogens (primary N) is 1. The summed E-state index contributed by atoms with van der Waals surface area (Å²) in [6.45, 7) is 4.14. The Kier molecular flexibility index (Phi) is 10.3. The molecule has 4 nitrogen and oxygen atoms in total. The molecule has 1 aromatic rings. The van der Waals surface area contributed by atoms with Gasteiger partial charge in [-0.3, -0.25) is 0 Å². The van der Waals surface area contributed by atoms with Crippen molar-refractivity contribution in [1.29, 1.82) is 0 Å². The number of nitrogens with one attached hydrogen (secondary N) is 1. The molecule has 7 heteroatoms. The standard InChI is InChI=1S/C11H17N3O.3ClH/c1-15-11-8-9(2-3-10(11)12)14-6-4-13-5-7-14;;;/h2-3,8,13H,4-7,12H2,1H3;3*1H. The highest BCUT2D eigenvalue weighted by Crippen LogP contribution is 2.27. The van der Waals surface area contributed by atoms with Crippen LogP contribution in [0.2, 0.25) is 0 Å². The van der Waals surface area contributed by atoms with Gasteiger partial charge in [-0.1, -0.05) is 0 Å². The highest BCUT2D eigenvalue weighted by molar-refractivity contribution is 5.86. The zero-order valence-corrected chi connectivity index (χ0v) is 12.7. The van der Waals surface area contributed by atoms with Crippen molar-refractivity contribution >= 4 is 48.6 Å². The zero-order valence-electron chi connectivity index (χ0n) is 10.2. The third-order valence-electron chi connectivity index (χ3n) is 2.70. The minimum atomic E-state index is 0. The van der Waals surface area contributed by atoms with Gasteiger partial charge in [0.25, 0.3) is 0 Å². The first-order valence-electron chi connectivity index (χ1n) is 5.20. The van der Waals surface area contributed by atoms with Gasteiger partial charge in [0.15, 0.2) is 0 Å². The molecule has 1 fully saturated rings. The summed E-state index contributed by atoms with van der Waals surface area (Å²) in [6, 6.07) is 5.94. The maximum absolute atomic E-state index is 5.77. The fourth-order valence-corrected chi connectivity index (χ4v) is 1.82. The van der Waals surface area contributed by atoms with Crippen LogP contribution in [0.4, 0.5) is 11.4 Å². The van der Waals surface area contributed by atoms with Gasteiger partial charge in [0.1, 0.15) is 5.75 Å². The van der Waals surface area contributed by atoms with Crippen LogP contribution >= 0.6 is 37.2 Å². The molecule has 18 heavy (non-hydrogen) atoms. The number of benzene rings is 1. The van der Waals surface area contributed by atoms with Crippen LogP contribution in [0.25, 0.3) is 0 Å². The monoisotopic (exact) mass is 315 g/mol. The second kappa shape index (κ2) is 9.39. The molecule has 0 aromatic heterocycles. The quantitative estimate of drug-likeness (QED) is 0.819. The molecule has 3 N–H and O–H groups in total. The normalized spacial score (nSPS) is 13.7. The molecule has 1 aliphatic heterocycles. The van der Waals surface area contributed by atoms with Crippen molar-refractivity contribution < 1.29 is 4.74 Å². The molecule has 0 spiro atoms. The van der Waals surface area contributed by atoms with E-state index in [0.29, 0.717) is 5.69 Å². The number of hydrogen-bond donors (Lipinski definition) is 2. The van der Waals surface area contributed by atoms with Crippen LogP contribution in [0.1, 0.15) is 0 Å². The second-order valence-corrected chi connectivity index (χ2v) is 3.66. The molecule has 1 aromatic carbocycles. The summed E-state index contributed by atoms with van der Waals surface area (Å²) < 4.78 is 5.21. The van der Waals surface area contributed by atoms with Crippen LogP contribution in [0, 0.1) is 0 Å². The first kappa shape index (κ1) is 19.8. The Hall–Kier alpha value is -0.550. The topological polar surface area (TPSA) is 50.5 Å². The van der Waals surface area contributed by atoms with Gasteiger partial charge in [-0.25, -0.2) is 0 Å². The van der Waals surface area contributed by atoms with E-state index in [-0.39, 0.29) is 37.2 Å². The number of piperazine rings is 1. The third-order valence-corrected chi connectivity index (χ3v) is 2.70. The number of nitrogen functional groups attached to an aromatic ring is 1. The van der Waals surface area contributed by atoms with Gasteiger partial charge in [0.05, 0.1) is 12.8 Å². The molecule has 106 valence electrons. The molecule has 1 saturated heterocycles. The number of halogens is 3. The third kappa shape index (κ3) is 4.61. The predicted octanol–water partition coefficient (Wildman–Crippen LogP) is 1.95. The average molecular weight is 317 g/mol. The number of anilines is 2. The van der Waals surface area contributed by atoms with Crippen LogP contribution in [0.5, 0.6) is 5.75 Å². The lowest BCUT2D eigenvalue weighted by atomic mass is 10.2. The van der Waals surface area contributed by atoms with Crippen molar-refractivity contribution in [3.05, 3.63) is 18.2 Å². The maximum atomic E-state index is 5.77. The van der Waals surface area contributed by atoms with Gasteiger partial charge < -0.3 is 20.7 Å². The van der Waals surface area contributed by atoms with Gasteiger partial charge in [-0.2, -0.15) is 0 Å². The summed E-state index contributed by atoms with van der Waals surface area (Å²) in [6.07, 6.45) is 0. The number of rotatable bonds is 2. The Balaban J connectivity index is 0. The van der Waals surface area contributed by atoms with Gasteiger partial charge in [0.2, 0.25) is 0 Å². The molecule has 0 radical (unpaired) electrons. The van der Waals surface area contributed by atoms with Crippen molar-refractivity contribution in [2.45, 2.75) is 0 Å². The molecule has 0 unspecified atom stereocenters. The van der Waals surface area contributed by atoms with Crippen LogP contribution in [0.15, 0.2) is 18.2 Å². The molecule has 0 amide bonds. The highest BCUT2D eigenvalue weighted by atomic mass is 35.5. The lowest BCUT2D eigenvalue weighted by molar-refractivity contribution is 0.417. The van der Waals surface area contributed by atoms with Gasteiger partial charge in [-0.05, 0) is 12.1 Å². The number of nitrogens with zero attached hydrogens (tertiary/aromatic N) is 1. The van der Waals surface area contributed by atoms with E-state index < -0.39 is 0 Å². The number of ether oxygens (including phenoxy) is 1. The van der Waals surface area contributed by atoms with Crippen molar-refractivity contribution in [1.82, 2.24) is 5.32 Å². The van der Waals surface area contributed by atoms with Crippen LogP contribution in [-0.2, 0) is 0 Å². The molecule has 0 aliphatic carbocycles. The van der Waals surface area contributed by atoms with E-state index in [1.807, 2.05) is 18.2 Å². The van der Waals surface area contributed by atoms with Crippen LogP contribution < -0.4 is 20.7 Å². The molecule has 1 heterocycles. The Bertz CT molecular complexity index is 346. The van der Waals surface area contributed by atoms with Gasteiger partial charge in [0, 0.05) is 37.9 Å². The summed E-state index contributed by atoms with van der Waals surface area (Å²) in [5.41, 5.74) is 7.65. The number of methoxy groups -OCH3 is 1. The average Bonchev–Trinajstić information content (AvgIpc) is 2.31. The molecule has 2 rings (SSSR count). The largest absolute Gasteiger partial charge is 0.495 e. The van der Waals surface area contributed by atoms with Gasteiger partial charge in [-0.15, -0.1) is 37.2 Å². The molecular formula is C11H20Cl3N3O. The Morgan fingerprint density at radius 3 is 2.33 bits per heavy atom. The molecule has 0 saturated carbocycles. The Labute approximate surface area is 126 Å². The van der Waals surface area contributed by atoms with E-state index in [9.17, 15) is 0 Å². The molecular weight excluding hydrogens is 296 g/mol. The molecule has 0 bridgehead atoms. The predicted molar refractivity (Wildman–Crippen MR) is 84.2 cm³/mol. The van der Waals surface area contributed by atoms with E-state index in [1.165, 1.54) is 5.69 Å². The van der Waals surface area contributed by atoms with E-state index in [0.717, 1.165) is 31.9 Å². The van der Waals surface area contributed by atoms with E-state index in [4.69, 9.17) is 10.5 Å². The summed E-state index contributed by atoms with van der Waals surface area (Å²) in [4.78, 5) is 2.33. The fraction of sp³-hybridized carbons (Fsp3) is 0.455. The smallest absolute Gasteiger partial charge is 0.143 e. The van der Waals surface area contributed by atoms with Crippen LogP contribution in [0.3, 0.4) is 0 Å². The van der Waals surface area contributed by atoms with Crippen molar-refractivity contribution in [2.24, 2.45) is 0 Å². The molecule has 1 aliphatic rings. The zero-order chi connectivity index (χ0) is 10.7. The van der Waals surface area contributed by atoms with E-state index in [2.05, 4.69) is 10.2 Å². The first-order chi connectivity index (χ1) is 7.31. The second-order valence-electron chi connectivity index (χ2n) is 3.66. The maximum Gasteiger partial charge on any atom is 0.143 e. The lowest BCUT2D eigenvalue weighted by Crippen LogP contribution is -2.43. The van der Waals surface area contributed by atoms with Crippen LogP contribution in [-0.4, -0.2) is 33.3 Å². The SMILES string of the molecule is COc1cc(N2CCNCC2)ccc1N.Cl.Cl.Cl. The van der Waals surface area contributed by atoms with E-state index in [1.54, 1.807) is 7.11 Å².